The molecule has 0 aromatic carbocycles. The van der Waals surface area contributed by atoms with Crippen molar-refractivity contribution in [2.75, 3.05) is 38.7 Å². The third kappa shape index (κ3) is 3.87. The average Bonchev–Trinajstić information content (AvgIpc) is 2.72. The molecule has 1 atom stereocenters. The highest BCUT2D eigenvalue weighted by Crippen LogP contribution is 2.29. The normalized spacial score (nSPS) is 19.5. The molecule has 7 nitrogen and oxygen atoms in total. The number of nitrogens with zero attached hydrogens (tertiary/aromatic N) is 5. The number of alkyl halides is 1. The molecule has 0 aliphatic carbocycles. The molecule has 1 aliphatic heterocycles. The first kappa shape index (κ1) is 18.5. The van der Waals surface area contributed by atoms with Crippen LogP contribution in [-0.2, 0) is 0 Å². The highest BCUT2D eigenvalue weighted by Gasteiger charge is 2.33. The van der Waals surface area contributed by atoms with Crippen LogP contribution in [0.5, 0.6) is 5.88 Å². The van der Waals surface area contributed by atoms with Crippen molar-refractivity contribution < 1.29 is 9.13 Å². The standard InChI is InChI=1S/C20H23FN6O/c1-27(2)17-5-4-14(11-25-17)15-10-16-18(24-9-8-23-16)19(26-15)28-13-20(21)6-3-7-22-12-20/h4-5,8-11,22H,3,6-7,12-13H2,1-2H3. The summed E-state index contributed by atoms with van der Waals surface area (Å²) >= 11 is 0. The van der Waals surface area contributed by atoms with Gasteiger partial charge < -0.3 is 15.0 Å². The Balaban J connectivity index is 1.67. The minimum Gasteiger partial charge on any atom is -0.473 e. The minimum atomic E-state index is -1.40. The van der Waals surface area contributed by atoms with Gasteiger partial charge in [0.15, 0.2) is 11.2 Å². The van der Waals surface area contributed by atoms with E-state index in [1.165, 1.54) is 0 Å². The Morgan fingerprint density at radius 3 is 2.79 bits per heavy atom. The molecule has 3 aromatic heterocycles. The minimum absolute atomic E-state index is 0.0695. The van der Waals surface area contributed by atoms with Crippen molar-refractivity contribution in [2.24, 2.45) is 0 Å². The van der Waals surface area contributed by atoms with Crippen molar-refractivity contribution in [3.05, 3.63) is 36.8 Å². The van der Waals surface area contributed by atoms with Gasteiger partial charge in [-0.2, -0.15) is 0 Å². The van der Waals surface area contributed by atoms with Crippen LogP contribution in [-0.4, -0.2) is 59.4 Å². The van der Waals surface area contributed by atoms with Crippen LogP contribution in [0.4, 0.5) is 10.2 Å². The number of nitrogens with one attached hydrogen (secondary N) is 1. The van der Waals surface area contributed by atoms with Crippen LogP contribution in [0.2, 0.25) is 0 Å². The Labute approximate surface area is 163 Å². The molecule has 1 N–H and O–H groups in total. The molecule has 1 aliphatic rings. The van der Waals surface area contributed by atoms with Gasteiger partial charge >= 0.3 is 0 Å². The van der Waals surface area contributed by atoms with Crippen molar-refractivity contribution in [3.63, 3.8) is 0 Å². The molecule has 8 heteroatoms. The van der Waals surface area contributed by atoms with Crippen LogP contribution in [0.25, 0.3) is 22.3 Å². The molecule has 0 bridgehead atoms. The lowest BCUT2D eigenvalue weighted by molar-refractivity contribution is 0.0580. The largest absolute Gasteiger partial charge is 0.473 e. The number of piperidine rings is 1. The summed E-state index contributed by atoms with van der Waals surface area (Å²) in [5.74, 6) is 1.14. The van der Waals surface area contributed by atoms with Gasteiger partial charge in [-0.3, -0.25) is 4.98 Å². The predicted octanol–water partition coefficient (Wildman–Crippen LogP) is 2.62. The number of anilines is 1. The summed E-state index contributed by atoms with van der Waals surface area (Å²) in [4.78, 5) is 19.7. The number of rotatable bonds is 5. The fourth-order valence-corrected chi connectivity index (χ4v) is 3.25. The highest BCUT2D eigenvalue weighted by atomic mass is 19.1. The Kier molecular flexibility index (Phi) is 5.04. The molecule has 0 saturated carbocycles. The zero-order chi connectivity index (χ0) is 19.6. The van der Waals surface area contributed by atoms with Gasteiger partial charge in [-0.1, -0.05) is 0 Å². The van der Waals surface area contributed by atoms with Gasteiger partial charge in [-0.05, 0) is 37.6 Å². The molecule has 28 heavy (non-hydrogen) atoms. The molecule has 3 aromatic rings. The van der Waals surface area contributed by atoms with Gasteiger partial charge in [0, 0.05) is 44.8 Å². The molecule has 0 spiro atoms. The van der Waals surface area contributed by atoms with Crippen molar-refractivity contribution >= 4 is 16.9 Å². The quantitative estimate of drug-likeness (QED) is 0.727. The fourth-order valence-electron chi connectivity index (χ4n) is 3.25. The first-order chi connectivity index (χ1) is 13.5. The Hall–Kier alpha value is -2.87. The number of pyridine rings is 2. The summed E-state index contributed by atoms with van der Waals surface area (Å²) in [6, 6.07) is 5.70. The molecule has 146 valence electrons. The predicted molar refractivity (Wildman–Crippen MR) is 106 cm³/mol. The molecule has 4 rings (SSSR count). The van der Waals surface area contributed by atoms with Crippen molar-refractivity contribution in [3.8, 4) is 17.1 Å². The monoisotopic (exact) mass is 382 g/mol. The lowest BCUT2D eigenvalue weighted by atomic mass is 9.97. The number of aromatic nitrogens is 4. The SMILES string of the molecule is CN(C)c1ccc(-c2cc3nccnc3c(OCC3(F)CCCNC3)n2)cn1. The van der Waals surface area contributed by atoms with Gasteiger partial charge in [-0.25, -0.2) is 19.3 Å². The second kappa shape index (κ2) is 7.63. The Morgan fingerprint density at radius 1 is 1.21 bits per heavy atom. The van der Waals surface area contributed by atoms with E-state index in [2.05, 4.69) is 25.3 Å². The lowest BCUT2D eigenvalue weighted by Gasteiger charge is -2.29. The second-order valence-corrected chi connectivity index (χ2v) is 7.26. The van der Waals surface area contributed by atoms with Crippen LogP contribution < -0.4 is 15.0 Å². The van der Waals surface area contributed by atoms with Crippen LogP contribution in [0.1, 0.15) is 12.8 Å². The third-order valence-corrected chi connectivity index (χ3v) is 4.81. The second-order valence-electron chi connectivity index (χ2n) is 7.26. The van der Waals surface area contributed by atoms with Gasteiger partial charge in [0.05, 0.1) is 11.2 Å². The van der Waals surface area contributed by atoms with E-state index >= 15 is 0 Å². The smallest absolute Gasteiger partial charge is 0.242 e. The summed E-state index contributed by atoms with van der Waals surface area (Å²) < 4.78 is 20.8. The zero-order valence-corrected chi connectivity index (χ0v) is 16.0. The fraction of sp³-hybridized carbons (Fsp3) is 0.400. The summed E-state index contributed by atoms with van der Waals surface area (Å²) in [6.45, 7) is 1.05. The molecule has 4 heterocycles. The molecular weight excluding hydrogens is 359 g/mol. The Morgan fingerprint density at radius 2 is 2.07 bits per heavy atom. The number of hydrogen-bond donors (Lipinski definition) is 1. The van der Waals surface area contributed by atoms with E-state index in [9.17, 15) is 4.39 Å². The summed E-state index contributed by atoms with van der Waals surface area (Å²) in [5.41, 5.74) is 1.26. The average molecular weight is 382 g/mol. The third-order valence-electron chi connectivity index (χ3n) is 4.81. The maximum Gasteiger partial charge on any atom is 0.242 e. The van der Waals surface area contributed by atoms with Crippen LogP contribution in [0.15, 0.2) is 36.8 Å². The molecule has 1 saturated heterocycles. The zero-order valence-electron chi connectivity index (χ0n) is 16.0. The highest BCUT2D eigenvalue weighted by molar-refractivity contribution is 5.83. The number of halogens is 1. The molecule has 0 radical (unpaired) electrons. The van der Waals surface area contributed by atoms with Crippen LogP contribution >= 0.6 is 0 Å². The van der Waals surface area contributed by atoms with E-state index in [0.717, 1.165) is 24.3 Å². The van der Waals surface area contributed by atoms with Crippen LogP contribution in [0.3, 0.4) is 0 Å². The van der Waals surface area contributed by atoms with E-state index in [-0.39, 0.29) is 13.2 Å². The van der Waals surface area contributed by atoms with Gasteiger partial charge in [-0.15, -0.1) is 0 Å². The maximum absolute atomic E-state index is 14.9. The van der Waals surface area contributed by atoms with E-state index in [4.69, 9.17) is 4.74 Å². The molecular formula is C20H23FN6O. The van der Waals surface area contributed by atoms with E-state index in [0.29, 0.717) is 29.0 Å². The van der Waals surface area contributed by atoms with Gasteiger partial charge in [0.2, 0.25) is 5.88 Å². The van der Waals surface area contributed by atoms with Crippen molar-refractivity contribution in [1.29, 1.82) is 0 Å². The first-order valence-corrected chi connectivity index (χ1v) is 9.32. The lowest BCUT2D eigenvalue weighted by Crippen LogP contribution is -2.46. The maximum atomic E-state index is 14.9. The molecule has 1 unspecified atom stereocenters. The summed E-state index contributed by atoms with van der Waals surface area (Å²) in [5, 5.41) is 3.08. The van der Waals surface area contributed by atoms with Crippen molar-refractivity contribution in [1.82, 2.24) is 25.3 Å². The Bertz CT molecular complexity index is 957. The van der Waals surface area contributed by atoms with Gasteiger partial charge in [0.25, 0.3) is 0 Å². The van der Waals surface area contributed by atoms with Crippen LogP contribution in [0, 0.1) is 0 Å². The number of ether oxygens (including phenoxy) is 1. The topological polar surface area (TPSA) is 76.1 Å². The summed E-state index contributed by atoms with van der Waals surface area (Å²) in [7, 11) is 3.87. The van der Waals surface area contributed by atoms with E-state index in [1.807, 2.05) is 37.2 Å². The van der Waals surface area contributed by atoms with Gasteiger partial charge in [0.1, 0.15) is 12.4 Å². The first-order valence-electron chi connectivity index (χ1n) is 9.32. The van der Waals surface area contributed by atoms with E-state index < -0.39 is 5.67 Å². The summed E-state index contributed by atoms with van der Waals surface area (Å²) in [6.07, 6.45) is 6.21. The molecule has 0 amide bonds. The van der Waals surface area contributed by atoms with Crippen molar-refractivity contribution in [2.45, 2.75) is 18.5 Å². The van der Waals surface area contributed by atoms with E-state index in [1.54, 1.807) is 18.6 Å². The number of fused-ring (bicyclic) bond motifs is 1. The number of hydrogen-bond acceptors (Lipinski definition) is 7. The molecule has 1 fully saturated rings.